The van der Waals surface area contributed by atoms with Gasteiger partial charge in [0.25, 0.3) is 5.91 Å². The zero-order chi connectivity index (χ0) is 18.8. The number of aromatic amines is 1. The SMILES string of the molecule is O=C(N[C@@H]1CC(Cn2cccn2)C[C@H]1O)c1c[nH]cc1-c1ccc(F)cc1. The number of carbonyl (C=O) groups excluding carboxylic acids is 1. The normalized spacial score (nSPS) is 22.1. The molecule has 1 fully saturated rings. The molecule has 0 saturated heterocycles. The second-order valence-electron chi connectivity index (χ2n) is 7.00. The first-order chi connectivity index (χ1) is 13.1. The number of aliphatic hydroxyl groups excluding tert-OH is 1. The summed E-state index contributed by atoms with van der Waals surface area (Å²) in [6.07, 6.45) is 7.71. The highest BCUT2D eigenvalue weighted by Crippen LogP contribution is 2.29. The largest absolute Gasteiger partial charge is 0.391 e. The van der Waals surface area contributed by atoms with Crippen LogP contribution in [-0.4, -0.2) is 37.9 Å². The van der Waals surface area contributed by atoms with Crippen molar-refractivity contribution in [1.82, 2.24) is 20.1 Å². The molecule has 1 unspecified atom stereocenters. The Bertz CT molecular complexity index is 904. The van der Waals surface area contributed by atoms with E-state index in [0.717, 1.165) is 12.1 Å². The van der Waals surface area contributed by atoms with Crippen LogP contribution in [0.4, 0.5) is 4.39 Å². The molecule has 0 radical (unpaired) electrons. The smallest absolute Gasteiger partial charge is 0.253 e. The van der Waals surface area contributed by atoms with E-state index in [1.54, 1.807) is 30.7 Å². The molecule has 1 amide bonds. The molecule has 1 aliphatic carbocycles. The quantitative estimate of drug-likeness (QED) is 0.647. The number of halogens is 1. The van der Waals surface area contributed by atoms with Gasteiger partial charge in [-0.05, 0) is 42.5 Å². The fourth-order valence-electron chi connectivity index (χ4n) is 3.76. The van der Waals surface area contributed by atoms with Crippen LogP contribution in [0.15, 0.2) is 55.1 Å². The van der Waals surface area contributed by atoms with Crippen molar-refractivity contribution >= 4 is 5.91 Å². The zero-order valence-electron chi connectivity index (χ0n) is 14.7. The minimum atomic E-state index is -0.581. The summed E-state index contributed by atoms with van der Waals surface area (Å²) in [5, 5.41) is 17.5. The van der Waals surface area contributed by atoms with Crippen molar-refractivity contribution in [2.24, 2.45) is 5.92 Å². The van der Waals surface area contributed by atoms with Crippen LogP contribution in [-0.2, 0) is 6.54 Å². The standard InChI is InChI=1S/C20H21FN4O2/c21-15-4-2-14(3-5-15)16-10-22-11-17(16)20(27)24-18-8-13(9-19(18)26)12-25-7-1-6-23-25/h1-7,10-11,13,18-19,22,26H,8-9,12H2,(H,24,27)/t13?,18-,19-/m1/s1. The molecule has 2 heterocycles. The Labute approximate surface area is 156 Å². The predicted octanol–water partition coefficient (Wildman–Crippen LogP) is 2.59. The molecule has 0 bridgehead atoms. The van der Waals surface area contributed by atoms with Gasteiger partial charge in [-0.3, -0.25) is 9.48 Å². The Morgan fingerprint density at radius 1 is 1.30 bits per heavy atom. The summed E-state index contributed by atoms with van der Waals surface area (Å²) in [5.74, 6) is -0.315. The molecule has 140 valence electrons. The molecule has 27 heavy (non-hydrogen) atoms. The Kier molecular flexibility index (Phi) is 4.77. The lowest BCUT2D eigenvalue weighted by molar-refractivity contribution is 0.0873. The van der Waals surface area contributed by atoms with E-state index in [9.17, 15) is 14.3 Å². The van der Waals surface area contributed by atoms with Gasteiger partial charge in [0, 0.05) is 36.9 Å². The number of amides is 1. The van der Waals surface area contributed by atoms with Gasteiger partial charge in [-0.1, -0.05) is 12.1 Å². The highest BCUT2D eigenvalue weighted by molar-refractivity contribution is 6.01. The lowest BCUT2D eigenvalue weighted by Gasteiger charge is -2.16. The third kappa shape index (κ3) is 3.78. The number of nitrogens with zero attached hydrogens (tertiary/aromatic N) is 2. The second kappa shape index (κ2) is 7.36. The molecule has 1 aromatic carbocycles. The highest BCUT2D eigenvalue weighted by Gasteiger charge is 2.34. The molecule has 3 N–H and O–H groups in total. The van der Waals surface area contributed by atoms with Crippen molar-refractivity contribution in [3.63, 3.8) is 0 Å². The lowest BCUT2D eigenvalue weighted by atomic mass is 10.0. The average Bonchev–Trinajstić information content (AvgIpc) is 3.38. The van der Waals surface area contributed by atoms with Gasteiger partial charge in [0.2, 0.25) is 0 Å². The minimum absolute atomic E-state index is 0.251. The first-order valence-electron chi connectivity index (χ1n) is 8.99. The second-order valence-corrected chi connectivity index (χ2v) is 7.00. The molecular weight excluding hydrogens is 347 g/mol. The van der Waals surface area contributed by atoms with Gasteiger partial charge in [-0.15, -0.1) is 0 Å². The Morgan fingerprint density at radius 3 is 2.85 bits per heavy atom. The maximum Gasteiger partial charge on any atom is 0.253 e. The summed E-state index contributed by atoms with van der Waals surface area (Å²) >= 11 is 0. The summed E-state index contributed by atoms with van der Waals surface area (Å²) in [4.78, 5) is 15.7. The lowest BCUT2D eigenvalue weighted by Crippen LogP contribution is -2.40. The van der Waals surface area contributed by atoms with Crippen LogP contribution in [0.25, 0.3) is 11.1 Å². The summed E-state index contributed by atoms with van der Waals surface area (Å²) in [5.41, 5.74) is 1.93. The third-order valence-electron chi connectivity index (χ3n) is 5.09. The zero-order valence-corrected chi connectivity index (χ0v) is 14.7. The van der Waals surface area contributed by atoms with Crippen molar-refractivity contribution in [2.45, 2.75) is 31.5 Å². The van der Waals surface area contributed by atoms with Gasteiger partial charge < -0.3 is 15.4 Å². The number of carbonyl (C=O) groups is 1. The highest BCUT2D eigenvalue weighted by atomic mass is 19.1. The molecule has 6 nitrogen and oxygen atoms in total. The topological polar surface area (TPSA) is 82.9 Å². The summed E-state index contributed by atoms with van der Waals surface area (Å²) < 4.78 is 15.0. The first kappa shape index (κ1) is 17.5. The van der Waals surface area contributed by atoms with Crippen molar-refractivity contribution in [1.29, 1.82) is 0 Å². The summed E-state index contributed by atoms with van der Waals surface area (Å²) in [7, 11) is 0. The van der Waals surface area contributed by atoms with Crippen LogP contribution in [0.5, 0.6) is 0 Å². The van der Waals surface area contributed by atoms with Crippen molar-refractivity contribution in [2.75, 3.05) is 0 Å². The minimum Gasteiger partial charge on any atom is -0.391 e. The molecule has 2 aromatic heterocycles. The van der Waals surface area contributed by atoms with Crippen LogP contribution >= 0.6 is 0 Å². The number of benzene rings is 1. The number of aliphatic hydroxyl groups is 1. The van der Waals surface area contributed by atoms with Gasteiger partial charge in [-0.25, -0.2) is 4.39 Å². The fourth-order valence-corrected chi connectivity index (χ4v) is 3.76. The van der Waals surface area contributed by atoms with E-state index in [0.29, 0.717) is 24.0 Å². The maximum absolute atomic E-state index is 13.2. The molecule has 3 atom stereocenters. The number of rotatable bonds is 5. The predicted molar refractivity (Wildman–Crippen MR) is 98.4 cm³/mol. The van der Waals surface area contributed by atoms with E-state index >= 15 is 0 Å². The monoisotopic (exact) mass is 368 g/mol. The van der Waals surface area contributed by atoms with Gasteiger partial charge in [-0.2, -0.15) is 5.10 Å². The summed E-state index contributed by atoms with van der Waals surface area (Å²) in [6, 6.07) is 7.58. The molecule has 3 aromatic rings. The Morgan fingerprint density at radius 2 is 2.11 bits per heavy atom. The van der Waals surface area contributed by atoms with Crippen LogP contribution in [0, 0.1) is 11.7 Å². The van der Waals surface area contributed by atoms with Crippen LogP contribution in [0.1, 0.15) is 23.2 Å². The van der Waals surface area contributed by atoms with Gasteiger partial charge in [0.15, 0.2) is 0 Å². The van der Waals surface area contributed by atoms with E-state index in [1.807, 2.05) is 16.9 Å². The van der Waals surface area contributed by atoms with E-state index in [2.05, 4.69) is 15.4 Å². The van der Waals surface area contributed by atoms with Crippen molar-refractivity contribution < 1.29 is 14.3 Å². The van der Waals surface area contributed by atoms with E-state index in [1.165, 1.54) is 12.1 Å². The average molecular weight is 368 g/mol. The van der Waals surface area contributed by atoms with Crippen LogP contribution in [0.3, 0.4) is 0 Å². The molecule has 0 spiro atoms. The van der Waals surface area contributed by atoms with E-state index < -0.39 is 6.10 Å². The number of hydrogen-bond acceptors (Lipinski definition) is 3. The molecule has 0 aliphatic heterocycles. The Hall–Kier alpha value is -2.93. The fraction of sp³-hybridized carbons (Fsp3) is 0.300. The van der Waals surface area contributed by atoms with Gasteiger partial charge >= 0.3 is 0 Å². The molecule has 1 aliphatic rings. The summed E-state index contributed by atoms with van der Waals surface area (Å²) in [6.45, 7) is 0.724. The van der Waals surface area contributed by atoms with Crippen LogP contribution < -0.4 is 5.32 Å². The molecule has 1 saturated carbocycles. The molecule has 7 heteroatoms. The number of nitrogens with one attached hydrogen (secondary N) is 2. The first-order valence-corrected chi connectivity index (χ1v) is 8.99. The van der Waals surface area contributed by atoms with Crippen molar-refractivity contribution in [3.8, 4) is 11.1 Å². The molecular formula is C20H21FN4O2. The van der Waals surface area contributed by atoms with E-state index in [4.69, 9.17) is 0 Å². The van der Waals surface area contributed by atoms with Crippen molar-refractivity contribution in [3.05, 3.63) is 66.5 Å². The third-order valence-corrected chi connectivity index (χ3v) is 5.09. The number of aromatic nitrogens is 3. The Balaban J connectivity index is 1.44. The van der Waals surface area contributed by atoms with Gasteiger partial charge in [0.05, 0.1) is 17.7 Å². The van der Waals surface area contributed by atoms with E-state index in [-0.39, 0.29) is 23.7 Å². The van der Waals surface area contributed by atoms with Crippen LogP contribution in [0.2, 0.25) is 0 Å². The molecule has 4 rings (SSSR count). The maximum atomic E-state index is 13.2. The number of hydrogen-bond donors (Lipinski definition) is 3. The van der Waals surface area contributed by atoms with Gasteiger partial charge in [0.1, 0.15) is 5.82 Å². The number of H-pyrrole nitrogens is 1.